The molecule has 1 aromatic carbocycles. The molecule has 4 nitrogen and oxygen atoms in total. The summed E-state index contributed by atoms with van der Waals surface area (Å²) in [6.07, 6.45) is 0. The third kappa shape index (κ3) is 3.90. The van der Waals surface area contributed by atoms with Crippen molar-refractivity contribution in [2.45, 2.75) is 20.8 Å². The highest BCUT2D eigenvalue weighted by Crippen LogP contribution is 2.16. The number of hydrogen-bond donors (Lipinski definition) is 1. The summed E-state index contributed by atoms with van der Waals surface area (Å²) in [5.41, 5.74) is -0.677. The molecular weight excluding hydrogens is 220 g/mol. The van der Waals surface area contributed by atoms with Crippen molar-refractivity contribution in [3.05, 3.63) is 35.4 Å². The van der Waals surface area contributed by atoms with Gasteiger partial charge in [-0.3, -0.25) is 0 Å². The van der Waals surface area contributed by atoms with E-state index in [0.717, 1.165) is 0 Å². The van der Waals surface area contributed by atoms with E-state index in [1.807, 2.05) is 0 Å². The Labute approximate surface area is 102 Å². The zero-order valence-corrected chi connectivity index (χ0v) is 10.1. The van der Waals surface area contributed by atoms with Crippen LogP contribution < -0.4 is 0 Å². The molecule has 1 atom stereocenters. The minimum Gasteiger partial charge on any atom is -0.478 e. The lowest BCUT2D eigenvalue weighted by Crippen LogP contribution is -2.19. The highest BCUT2D eigenvalue weighted by atomic mass is 16.5. The highest BCUT2D eigenvalue weighted by molar-refractivity contribution is 6.02. The number of carboxylic acid groups (broad SMARTS) is 1. The molecule has 0 heterocycles. The molecule has 0 unspecified atom stereocenters. The third-order valence-electron chi connectivity index (χ3n) is 1.90. The summed E-state index contributed by atoms with van der Waals surface area (Å²) in [7, 11) is 0. The molecule has 0 aliphatic heterocycles. The number of aromatic carboxylic acids is 1. The van der Waals surface area contributed by atoms with Crippen LogP contribution in [0.25, 0.3) is 0 Å². The van der Waals surface area contributed by atoms with Gasteiger partial charge in [0.15, 0.2) is 0 Å². The monoisotopic (exact) mass is 237 g/mol. The maximum atomic E-state index is 11.8. The van der Waals surface area contributed by atoms with E-state index >= 15 is 0 Å². The zero-order chi connectivity index (χ0) is 13.9. The molecule has 0 bridgehead atoms. The smallest absolute Gasteiger partial charge is 0.339 e. The van der Waals surface area contributed by atoms with Gasteiger partial charge in [-0.15, -0.1) is 0 Å². The summed E-state index contributed by atoms with van der Waals surface area (Å²) < 4.78 is 12.6. The van der Waals surface area contributed by atoms with Crippen molar-refractivity contribution in [1.82, 2.24) is 0 Å². The molecular formula is C13H16O4. The Morgan fingerprint density at radius 3 is 2.29 bits per heavy atom. The highest BCUT2D eigenvalue weighted by Gasteiger charge is 2.19. The Hall–Kier alpha value is -1.84. The Morgan fingerprint density at radius 1 is 1.29 bits per heavy atom. The molecule has 0 aliphatic rings. The van der Waals surface area contributed by atoms with Crippen LogP contribution in [0.4, 0.5) is 0 Å². The normalized spacial score (nSPS) is 13.7. The lowest BCUT2D eigenvalue weighted by atomic mass is 9.98. The van der Waals surface area contributed by atoms with Gasteiger partial charge in [-0.2, -0.15) is 0 Å². The minimum absolute atomic E-state index is 0.0356. The molecule has 92 valence electrons. The second-order valence-corrected chi connectivity index (χ2v) is 4.74. The molecule has 0 spiro atoms. The number of carboxylic acids is 1. The van der Waals surface area contributed by atoms with Crippen molar-refractivity contribution >= 4 is 11.9 Å². The van der Waals surface area contributed by atoms with E-state index in [0.29, 0.717) is 0 Å². The summed E-state index contributed by atoms with van der Waals surface area (Å²) in [4.78, 5) is 22.8. The maximum Gasteiger partial charge on any atom is 0.339 e. The fourth-order valence-electron chi connectivity index (χ4n) is 1.14. The molecule has 1 aromatic rings. The van der Waals surface area contributed by atoms with Crippen LogP contribution in [-0.2, 0) is 4.74 Å². The van der Waals surface area contributed by atoms with Gasteiger partial charge < -0.3 is 9.84 Å². The first-order chi connectivity index (χ1) is 8.23. The van der Waals surface area contributed by atoms with Crippen molar-refractivity contribution < 1.29 is 20.8 Å². The van der Waals surface area contributed by atoms with Crippen molar-refractivity contribution in [3.63, 3.8) is 0 Å². The average molecular weight is 237 g/mol. The maximum absolute atomic E-state index is 11.8. The zero-order valence-electron chi connectivity index (χ0n) is 11.1. The minimum atomic E-state index is -1.19. The first kappa shape index (κ1) is 11.6. The second kappa shape index (κ2) is 4.99. The molecule has 0 aromatic heterocycles. The molecule has 0 saturated carbocycles. The van der Waals surface area contributed by atoms with Gasteiger partial charge in [0.1, 0.15) is 0 Å². The molecule has 4 heteroatoms. The Bertz CT molecular complexity index is 462. The molecule has 17 heavy (non-hydrogen) atoms. The predicted octanol–water partition coefficient (Wildman–Crippen LogP) is 2.59. The number of rotatable bonds is 3. The van der Waals surface area contributed by atoms with Gasteiger partial charge in [0, 0.05) is 0 Å². The molecule has 1 N–H and O–H groups in total. The van der Waals surface area contributed by atoms with E-state index in [4.69, 9.17) is 11.2 Å². The Kier molecular flexibility index (Phi) is 3.42. The molecule has 1 rings (SSSR count). The van der Waals surface area contributed by atoms with Gasteiger partial charge in [0.2, 0.25) is 0 Å². The quantitative estimate of drug-likeness (QED) is 0.821. The van der Waals surface area contributed by atoms with Gasteiger partial charge >= 0.3 is 11.9 Å². The second-order valence-electron chi connectivity index (χ2n) is 4.74. The van der Waals surface area contributed by atoms with Gasteiger partial charge in [-0.1, -0.05) is 32.9 Å². The van der Waals surface area contributed by atoms with Crippen LogP contribution in [0, 0.1) is 5.41 Å². The Morgan fingerprint density at radius 2 is 1.82 bits per heavy atom. The number of carbonyl (C=O) groups is 2. The fourth-order valence-corrected chi connectivity index (χ4v) is 1.14. The van der Waals surface area contributed by atoms with Crippen LogP contribution in [0.3, 0.4) is 0 Å². The lowest BCUT2D eigenvalue weighted by Gasteiger charge is -2.18. The van der Waals surface area contributed by atoms with Crippen molar-refractivity contribution in [2.75, 3.05) is 6.58 Å². The molecule has 0 fully saturated rings. The summed E-state index contributed by atoms with van der Waals surface area (Å²) >= 11 is 0. The first-order valence-electron chi connectivity index (χ1n) is 5.77. The summed E-state index contributed by atoms with van der Waals surface area (Å²) in [6, 6.07) is 5.79. The van der Waals surface area contributed by atoms with Crippen molar-refractivity contribution in [1.29, 1.82) is 0 Å². The van der Waals surface area contributed by atoms with Crippen molar-refractivity contribution in [2.24, 2.45) is 5.41 Å². The van der Waals surface area contributed by atoms with E-state index in [1.54, 1.807) is 26.8 Å². The fraction of sp³-hybridized carbons (Fsp3) is 0.385. The number of benzene rings is 1. The van der Waals surface area contributed by atoms with Gasteiger partial charge in [0.05, 0.1) is 19.1 Å². The largest absolute Gasteiger partial charge is 0.478 e. The van der Waals surface area contributed by atoms with Crippen molar-refractivity contribution in [3.8, 4) is 0 Å². The SMILES string of the molecule is [2H][C@@H](OC(=O)c1ccccc1C(=O)O)C(C)(C)C. The van der Waals surface area contributed by atoms with Gasteiger partial charge in [-0.05, 0) is 17.5 Å². The van der Waals surface area contributed by atoms with Gasteiger partial charge in [-0.25, -0.2) is 9.59 Å². The number of esters is 1. The first-order valence-corrected chi connectivity index (χ1v) is 5.19. The topological polar surface area (TPSA) is 63.6 Å². The van der Waals surface area contributed by atoms with E-state index in [-0.39, 0.29) is 11.1 Å². The summed E-state index contributed by atoms with van der Waals surface area (Å²) in [5.74, 6) is -1.98. The van der Waals surface area contributed by atoms with E-state index in [1.165, 1.54) is 18.2 Å². The number of ether oxygens (including phenoxy) is 1. The summed E-state index contributed by atoms with van der Waals surface area (Å²) in [6.45, 7) is 4.25. The van der Waals surface area contributed by atoms with Crippen LogP contribution in [0.1, 0.15) is 42.9 Å². The van der Waals surface area contributed by atoms with E-state index in [2.05, 4.69) is 0 Å². The predicted molar refractivity (Wildman–Crippen MR) is 63.1 cm³/mol. The lowest BCUT2D eigenvalue weighted by molar-refractivity contribution is 0.0361. The molecule has 0 aliphatic carbocycles. The van der Waals surface area contributed by atoms with Crippen LogP contribution >= 0.6 is 0 Å². The summed E-state index contributed by atoms with van der Waals surface area (Å²) in [5, 5.41) is 8.95. The van der Waals surface area contributed by atoms with E-state index < -0.39 is 23.9 Å². The third-order valence-corrected chi connectivity index (χ3v) is 1.90. The van der Waals surface area contributed by atoms with Crippen LogP contribution in [-0.4, -0.2) is 23.6 Å². The van der Waals surface area contributed by atoms with Gasteiger partial charge in [0.25, 0.3) is 0 Å². The number of hydrogen-bond acceptors (Lipinski definition) is 3. The average Bonchev–Trinajstić information content (AvgIpc) is 2.27. The molecule has 0 saturated heterocycles. The van der Waals surface area contributed by atoms with E-state index in [9.17, 15) is 9.59 Å². The Balaban J connectivity index is 2.95. The number of carbonyl (C=O) groups excluding carboxylic acids is 1. The standard InChI is InChI=1S/C13H16O4/c1-13(2,3)8-17-12(16)10-7-5-4-6-9(10)11(14)15/h4-7H,8H2,1-3H3,(H,14,15)/i8D/t8-/m1/s1. The molecule has 0 radical (unpaired) electrons. The van der Waals surface area contributed by atoms with Crippen LogP contribution in [0.15, 0.2) is 24.3 Å². The van der Waals surface area contributed by atoms with Crippen LogP contribution in [0.2, 0.25) is 0 Å². The van der Waals surface area contributed by atoms with Crippen LogP contribution in [0.5, 0.6) is 0 Å². The molecule has 0 amide bonds.